The highest BCUT2D eigenvalue weighted by molar-refractivity contribution is 7.89. The summed E-state index contributed by atoms with van der Waals surface area (Å²) in [5.74, 6) is 1.33. The summed E-state index contributed by atoms with van der Waals surface area (Å²) in [7, 11) is -0.650. The summed E-state index contributed by atoms with van der Waals surface area (Å²) in [5, 5.41) is 4.39. The number of aryl methyl sites for hydroxylation is 1. The minimum absolute atomic E-state index is 0.0103. The van der Waals surface area contributed by atoms with Crippen molar-refractivity contribution in [3.05, 3.63) is 64.4 Å². The fourth-order valence-electron chi connectivity index (χ4n) is 5.70. The van der Waals surface area contributed by atoms with Crippen LogP contribution < -0.4 is 14.3 Å². The van der Waals surface area contributed by atoms with Gasteiger partial charge in [-0.2, -0.15) is 18.4 Å². The molecule has 0 spiro atoms. The molecule has 1 aliphatic carbocycles. The molecular formula is C28H33N3O5S. The summed E-state index contributed by atoms with van der Waals surface area (Å²) in [5.41, 5.74) is 5.00. The first-order valence-electron chi connectivity index (χ1n) is 12.5. The predicted molar refractivity (Wildman–Crippen MR) is 141 cm³/mol. The number of ketones is 1. The Morgan fingerprint density at radius 1 is 1.05 bits per heavy atom. The Labute approximate surface area is 218 Å². The second kappa shape index (κ2) is 9.20. The molecule has 37 heavy (non-hydrogen) atoms. The van der Waals surface area contributed by atoms with Crippen LogP contribution in [0.3, 0.4) is 0 Å². The molecule has 2 aromatic rings. The third-order valence-electron chi connectivity index (χ3n) is 7.51. The highest BCUT2D eigenvalue weighted by Gasteiger charge is 2.44. The molecule has 0 radical (unpaired) electrons. The number of Topliss-reactive ketones (excluding diaryl/α,β-unsaturated/α-hetero) is 1. The summed E-state index contributed by atoms with van der Waals surface area (Å²) in [6, 6.07) is 10.5. The van der Waals surface area contributed by atoms with E-state index in [1.54, 1.807) is 38.5 Å². The number of hydrazone groups is 1. The Morgan fingerprint density at radius 2 is 1.73 bits per heavy atom. The molecule has 0 unspecified atom stereocenters. The van der Waals surface area contributed by atoms with Crippen LogP contribution in [-0.4, -0.2) is 45.6 Å². The average Bonchev–Trinajstić information content (AvgIpc) is 2.85. The van der Waals surface area contributed by atoms with Gasteiger partial charge >= 0.3 is 0 Å². The lowest BCUT2D eigenvalue weighted by atomic mass is 9.71. The molecule has 2 aliphatic heterocycles. The van der Waals surface area contributed by atoms with Gasteiger partial charge in [-0.15, -0.1) is 0 Å². The monoisotopic (exact) mass is 523 g/mol. The van der Waals surface area contributed by atoms with Crippen LogP contribution in [0.2, 0.25) is 0 Å². The van der Waals surface area contributed by atoms with Crippen molar-refractivity contribution in [2.75, 3.05) is 20.8 Å². The van der Waals surface area contributed by atoms with Gasteiger partial charge in [0, 0.05) is 25.1 Å². The molecule has 0 aromatic heterocycles. The van der Waals surface area contributed by atoms with Crippen molar-refractivity contribution in [1.82, 2.24) is 9.73 Å². The van der Waals surface area contributed by atoms with Crippen molar-refractivity contribution in [2.24, 2.45) is 10.5 Å². The van der Waals surface area contributed by atoms with Gasteiger partial charge in [0.1, 0.15) is 0 Å². The minimum atomic E-state index is -3.89. The van der Waals surface area contributed by atoms with Gasteiger partial charge in [0.25, 0.3) is 10.0 Å². The minimum Gasteiger partial charge on any atom is -0.493 e. The van der Waals surface area contributed by atoms with Gasteiger partial charge in [0.15, 0.2) is 17.3 Å². The molecule has 0 fully saturated rings. The Morgan fingerprint density at radius 3 is 2.41 bits per heavy atom. The second-order valence-electron chi connectivity index (χ2n) is 10.8. The molecule has 0 bridgehead atoms. The first-order valence-corrected chi connectivity index (χ1v) is 13.9. The maximum absolute atomic E-state index is 13.4. The number of sulfonamides is 1. The molecule has 0 saturated carbocycles. The van der Waals surface area contributed by atoms with Crippen LogP contribution in [0.25, 0.3) is 0 Å². The van der Waals surface area contributed by atoms with E-state index >= 15 is 0 Å². The van der Waals surface area contributed by atoms with Crippen molar-refractivity contribution in [1.29, 1.82) is 0 Å². The van der Waals surface area contributed by atoms with Gasteiger partial charge in [-0.25, -0.2) is 0 Å². The number of carbonyl (C=O) groups excluding carboxylic acids is 1. The van der Waals surface area contributed by atoms with Gasteiger partial charge in [-0.05, 0) is 60.6 Å². The molecule has 2 aromatic carbocycles. The zero-order chi connectivity index (χ0) is 26.5. The summed E-state index contributed by atoms with van der Waals surface area (Å²) < 4.78 is 37.1. The van der Waals surface area contributed by atoms with Crippen LogP contribution in [0.5, 0.6) is 11.5 Å². The Bertz CT molecular complexity index is 1420. The quantitative estimate of drug-likeness (QED) is 0.587. The van der Waals surface area contributed by atoms with Crippen LogP contribution in [0.1, 0.15) is 55.8 Å². The van der Waals surface area contributed by atoms with Crippen LogP contribution in [0.15, 0.2) is 57.7 Å². The van der Waals surface area contributed by atoms with E-state index in [4.69, 9.17) is 9.47 Å². The zero-order valence-corrected chi connectivity index (χ0v) is 22.7. The second-order valence-corrected chi connectivity index (χ2v) is 12.5. The Hall–Kier alpha value is -3.33. The van der Waals surface area contributed by atoms with Crippen LogP contribution in [0, 0.1) is 12.3 Å². The van der Waals surface area contributed by atoms with E-state index in [-0.39, 0.29) is 22.1 Å². The molecule has 3 aliphatic rings. The SMILES string of the molecule is COc1cc2c(cc1OC)[C@@H]1C/C(=N\NS(=O)(=O)c3ccc(C)cc3)C3=C(CC(C)(C)CC3=O)N1CC2. The van der Waals surface area contributed by atoms with Crippen molar-refractivity contribution in [3.8, 4) is 11.5 Å². The van der Waals surface area contributed by atoms with E-state index in [1.165, 1.54) is 0 Å². The Balaban J connectivity index is 1.59. The number of ether oxygens (including phenoxy) is 2. The molecular weight excluding hydrogens is 490 g/mol. The summed E-state index contributed by atoms with van der Waals surface area (Å²) in [4.78, 5) is 18.3. The number of nitrogens with one attached hydrogen (secondary N) is 1. The van der Waals surface area contributed by atoms with Crippen molar-refractivity contribution >= 4 is 21.5 Å². The normalized spacial score (nSPS) is 21.8. The number of carbonyl (C=O) groups is 1. The fourth-order valence-corrected chi connectivity index (χ4v) is 6.53. The summed E-state index contributed by atoms with van der Waals surface area (Å²) >= 11 is 0. The van der Waals surface area contributed by atoms with E-state index in [1.807, 2.05) is 19.1 Å². The van der Waals surface area contributed by atoms with Gasteiger partial charge in [-0.3, -0.25) is 4.79 Å². The Kier molecular flexibility index (Phi) is 6.30. The molecule has 1 atom stereocenters. The summed E-state index contributed by atoms with van der Waals surface area (Å²) in [6.07, 6.45) is 2.33. The van der Waals surface area contributed by atoms with Crippen LogP contribution in [-0.2, 0) is 21.2 Å². The lowest BCUT2D eigenvalue weighted by Crippen LogP contribution is -2.46. The average molecular weight is 524 g/mol. The molecule has 5 rings (SSSR count). The van der Waals surface area contributed by atoms with Gasteiger partial charge < -0.3 is 14.4 Å². The van der Waals surface area contributed by atoms with E-state index in [0.29, 0.717) is 35.6 Å². The highest BCUT2D eigenvalue weighted by Crippen LogP contribution is 2.49. The number of hydrogen-bond donors (Lipinski definition) is 1. The smallest absolute Gasteiger partial charge is 0.276 e. The molecule has 0 amide bonds. The van der Waals surface area contributed by atoms with Crippen molar-refractivity contribution in [3.63, 3.8) is 0 Å². The topological polar surface area (TPSA) is 97.3 Å². The summed E-state index contributed by atoms with van der Waals surface area (Å²) in [6.45, 7) is 6.86. The fraction of sp³-hybridized carbons (Fsp3) is 0.429. The van der Waals surface area contributed by atoms with Crippen molar-refractivity contribution < 1.29 is 22.7 Å². The first-order chi connectivity index (χ1) is 17.5. The third-order valence-corrected chi connectivity index (χ3v) is 8.73. The van der Waals surface area contributed by atoms with Crippen molar-refractivity contribution in [2.45, 2.75) is 57.4 Å². The largest absolute Gasteiger partial charge is 0.493 e. The maximum atomic E-state index is 13.4. The zero-order valence-electron chi connectivity index (χ0n) is 21.9. The number of benzene rings is 2. The number of fused-ring (bicyclic) bond motifs is 4. The van der Waals surface area contributed by atoms with E-state index in [0.717, 1.165) is 41.8 Å². The van der Waals surface area contributed by atoms with Gasteiger partial charge in [-0.1, -0.05) is 31.5 Å². The highest BCUT2D eigenvalue weighted by atomic mass is 32.2. The number of methoxy groups -OCH3 is 2. The van der Waals surface area contributed by atoms with Crippen LogP contribution >= 0.6 is 0 Å². The number of rotatable bonds is 5. The number of allylic oxidation sites excluding steroid dienone is 2. The lowest BCUT2D eigenvalue weighted by Gasteiger charge is -2.48. The number of nitrogens with zero attached hydrogens (tertiary/aromatic N) is 2. The number of hydrogen-bond acceptors (Lipinski definition) is 7. The first kappa shape index (κ1) is 25.3. The molecule has 8 nitrogen and oxygen atoms in total. The third kappa shape index (κ3) is 4.61. The van der Waals surface area contributed by atoms with E-state index in [2.05, 4.69) is 28.7 Å². The van der Waals surface area contributed by atoms with Gasteiger partial charge in [0.05, 0.1) is 36.4 Å². The maximum Gasteiger partial charge on any atom is 0.276 e. The molecule has 9 heteroatoms. The van der Waals surface area contributed by atoms with E-state index in [9.17, 15) is 13.2 Å². The van der Waals surface area contributed by atoms with E-state index < -0.39 is 10.0 Å². The molecule has 2 heterocycles. The molecule has 196 valence electrons. The standard InChI is InChI=1S/C28H33N3O5S/c1-17-6-8-19(9-7-17)37(33,34)30-29-21-14-22-20-13-26(36-5)25(35-4)12-18(20)10-11-31(22)23-15-28(2,3)16-24(32)27(21)23/h6-9,12-13,22,30H,10-11,14-16H2,1-5H3/b29-21+/t22-/m0/s1. The van der Waals surface area contributed by atoms with Crippen LogP contribution in [0.4, 0.5) is 0 Å². The lowest BCUT2D eigenvalue weighted by molar-refractivity contribution is -0.118. The molecule has 1 N–H and O–H groups in total. The van der Waals surface area contributed by atoms with Gasteiger partial charge in [0.2, 0.25) is 0 Å². The predicted octanol–water partition coefficient (Wildman–Crippen LogP) is 4.29. The molecule has 0 saturated heterocycles.